The normalized spacial score (nSPS) is 15.6. The third-order valence-corrected chi connectivity index (χ3v) is 6.46. The number of ether oxygens (including phenoxy) is 1. The van der Waals surface area contributed by atoms with Gasteiger partial charge in [-0.05, 0) is 55.7 Å². The summed E-state index contributed by atoms with van der Waals surface area (Å²) in [5.74, 6) is 0.0764. The van der Waals surface area contributed by atoms with E-state index in [2.05, 4.69) is 29.2 Å². The van der Waals surface area contributed by atoms with Crippen molar-refractivity contribution >= 4 is 28.4 Å². The first-order valence-corrected chi connectivity index (χ1v) is 11.8. The molecule has 1 amide bonds. The summed E-state index contributed by atoms with van der Waals surface area (Å²) in [5.41, 5.74) is 6.07. The summed E-state index contributed by atoms with van der Waals surface area (Å²) in [4.78, 5) is 19.1. The van der Waals surface area contributed by atoms with E-state index in [-0.39, 0.29) is 18.1 Å². The van der Waals surface area contributed by atoms with E-state index < -0.39 is 0 Å². The number of fused-ring (bicyclic) bond motifs is 2. The van der Waals surface area contributed by atoms with Crippen molar-refractivity contribution in [3.63, 3.8) is 0 Å². The number of amides is 1. The summed E-state index contributed by atoms with van der Waals surface area (Å²) >= 11 is 6.17. The molecule has 0 spiro atoms. The Morgan fingerprint density at radius 1 is 1.00 bits per heavy atom. The van der Waals surface area contributed by atoms with E-state index in [9.17, 15) is 4.79 Å². The van der Waals surface area contributed by atoms with Crippen LogP contribution in [0.3, 0.4) is 0 Å². The molecule has 1 N–H and O–H groups in total. The minimum Gasteiger partial charge on any atom is -0.379 e. The SMILES string of the molecule is CC(C)OCCCN1C(=O)c2ccccc2[C@@H]1c1c(-c2ccc(Cl)cc2)[nH]c2ccccc12. The van der Waals surface area contributed by atoms with Crippen LogP contribution in [0.1, 0.15) is 47.8 Å². The van der Waals surface area contributed by atoms with Crippen LogP contribution in [0.25, 0.3) is 22.2 Å². The maximum Gasteiger partial charge on any atom is 0.255 e. The number of aromatic amines is 1. The van der Waals surface area contributed by atoms with Gasteiger partial charge in [-0.3, -0.25) is 4.79 Å². The van der Waals surface area contributed by atoms with E-state index >= 15 is 0 Å². The Morgan fingerprint density at radius 3 is 2.52 bits per heavy atom. The predicted molar refractivity (Wildman–Crippen MR) is 134 cm³/mol. The molecule has 33 heavy (non-hydrogen) atoms. The van der Waals surface area contributed by atoms with E-state index in [0.29, 0.717) is 18.2 Å². The van der Waals surface area contributed by atoms with E-state index in [1.807, 2.05) is 67.3 Å². The number of rotatable bonds is 7. The number of hydrogen-bond acceptors (Lipinski definition) is 2. The average Bonchev–Trinajstić information content (AvgIpc) is 3.32. The molecule has 5 heteroatoms. The number of carbonyl (C=O) groups excluding carboxylic acids is 1. The molecule has 0 bridgehead atoms. The van der Waals surface area contributed by atoms with Crippen LogP contribution in [0, 0.1) is 0 Å². The quantitative estimate of drug-likeness (QED) is 0.308. The van der Waals surface area contributed by atoms with Crippen molar-refractivity contribution in [2.45, 2.75) is 32.4 Å². The van der Waals surface area contributed by atoms with Crippen molar-refractivity contribution in [3.05, 3.63) is 94.5 Å². The van der Waals surface area contributed by atoms with E-state index in [1.165, 1.54) is 0 Å². The summed E-state index contributed by atoms with van der Waals surface area (Å²) in [6.45, 7) is 5.32. The van der Waals surface area contributed by atoms with Crippen LogP contribution >= 0.6 is 11.6 Å². The highest BCUT2D eigenvalue weighted by Crippen LogP contribution is 2.45. The van der Waals surface area contributed by atoms with Crippen LogP contribution in [0.2, 0.25) is 5.02 Å². The van der Waals surface area contributed by atoms with Gasteiger partial charge in [0.15, 0.2) is 0 Å². The molecule has 4 aromatic rings. The maximum absolute atomic E-state index is 13.5. The lowest BCUT2D eigenvalue weighted by Crippen LogP contribution is -2.30. The second-order valence-electron chi connectivity index (χ2n) is 8.73. The molecule has 1 aromatic heterocycles. The molecule has 168 valence electrons. The molecule has 5 rings (SSSR count). The summed E-state index contributed by atoms with van der Waals surface area (Å²) < 4.78 is 5.76. The molecule has 3 aromatic carbocycles. The second kappa shape index (κ2) is 9.05. The minimum absolute atomic E-state index is 0.0764. The number of benzene rings is 3. The van der Waals surface area contributed by atoms with Crippen LogP contribution in [-0.4, -0.2) is 35.0 Å². The van der Waals surface area contributed by atoms with Gasteiger partial charge in [0.05, 0.1) is 17.8 Å². The summed E-state index contributed by atoms with van der Waals surface area (Å²) in [7, 11) is 0. The van der Waals surface area contributed by atoms with Crippen LogP contribution < -0.4 is 0 Å². The number of para-hydroxylation sites is 1. The minimum atomic E-state index is -0.172. The molecule has 0 saturated heterocycles. The van der Waals surface area contributed by atoms with Crippen LogP contribution in [0.5, 0.6) is 0 Å². The number of nitrogens with one attached hydrogen (secondary N) is 1. The van der Waals surface area contributed by atoms with Gasteiger partial charge in [0.1, 0.15) is 0 Å². The van der Waals surface area contributed by atoms with Crippen molar-refractivity contribution in [2.75, 3.05) is 13.2 Å². The number of hydrogen-bond donors (Lipinski definition) is 1. The number of nitrogens with zero attached hydrogens (tertiary/aromatic N) is 1. The summed E-state index contributed by atoms with van der Waals surface area (Å²) in [6, 6.07) is 24.0. The number of H-pyrrole nitrogens is 1. The Morgan fingerprint density at radius 2 is 1.73 bits per heavy atom. The topological polar surface area (TPSA) is 45.3 Å². The number of halogens is 1. The zero-order valence-electron chi connectivity index (χ0n) is 18.8. The Balaban J connectivity index is 1.65. The smallest absolute Gasteiger partial charge is 0.255 e. The zero-order valence-corrected chi connectivity index (χ0v) is 19.6. The van der Waals surface area contributed by atoms with Gasteiger partial charge in [-0.2, -0.15) is 0 Å². The molecule has 0 radical (unpaired) electrons. The molecule has 1 aliphatic heterocycles. The molecular weight excluding hydrogens is 432 g/mol. The van der Waals surface area contributed by atoms with Crippen LogP contribution in [0.4, 0.5) is 0 Å². The number of aromatic nitrogens is 1. The Bertz CT molecular complexity index is 1290. The van der Waals surface area contributed by atoms with E-state index in [4.69, 9.17) is 16.3 Å². The highest BCUT2D eigenvalue weighted by atomic mass is 35.5. The van der Waals surface area contributed by atoms with Crippen LogP contribution in [0.15, 0.2) is 72.8 Å². The molecule has 0 fully saturated rings. The molecular formula is C28H27ClN2O2. The van der Waals surface area contributed by atoms with Gasteiger partial charge in [-0.1, -0.05) is 60.1 Å². The molecule has 0 saturated carbocycles. The fraction of sp³-hybridized carbons (Fsp3) is 0.250. The monoisotopic (exact) mass is 458 g/mol. The maximum atomic E-state index is 13.5. The van der Waals surface area contributed by atoms with E-state index in [0.717, 1.165) is 45.3 Å². The average molecular weight is 459 g/mol. The van der Waals surface area contributed by atoms with Gasteiger partial charge in [0.25, 0.3) is 5.91 Å². The predicted octanol–water partition coefficient (Wildman–Crippen LogP) is 6.85. The summed E-state index contributed by atoms with van der Waals surface area (Å²) in [6.07, 6.45) is 0.963. The molecule has 2 heterocycles. The highest BCUT2D eigenvalue weighted by Gasteiger charge is 2.39. The second-order valence-corrected chi connectivity index (χ2v) is 9.16. The lowest BCUT2D eigenvalue weighted by atomic mass is 9.93. The first-order chi connectivity index (χ1) is 16.0. The number of carbonyl (C=O) groups is 1. The van der Waals surface area contributed by atoms with Crippen molar-refractivity contribution in [2.24, 2.45) is 0 Å². The first kappa shape index (κ1) is 21.7. The highest BCUT2D eigenvalue weighted by molar-refractivity contribution is 6.30. The summed E-state index contributed by atoms with van der Waals surface area (Å²) in [5, 5.41) is 1.82. The van der Waals surface area contributed by atoms with Crippen molar-refractivity contribution in [1.82, 2.24) is 9.88 Å². The lowest BCUT2D eigenvalue weighted by molar-refractivity contribution is 0.0605. The van der Waals surface area contributed by atoms with Gasteiger partial charge in [0.2, 0.25) is 0 Å². The molecule has 1 atom stereocenters. The van der Waals surface area contributed by atoms with Gasteiger partial charge in [-0.25, -0.2) is 0 Å². The van der Waals surface area contributed by atoms with Gasteiger partial charge < -0.3 is 14.6 Å². The van der Waals surface area contributed by atoms with Gasteiger partial charge >= 0.3 is 0 Å². The Hall–Kier alpha value is -3.08. The van der Waals surface area contributed by atoms with Crippen LogP contribution in [-0.2, 0) is 4.74 Å². The van der Waals surface area contributed by atoms with Crippen molar-refractivity contribution in [3.8, 4) is 11.3 Å². The first-order valence-electron chi connectivity index (χ1n) is 11.4. The van der Waals surface area contributed by atoms with Gasteiger partial charge in [-0.15, -0.1) is 0 Å². The molecule has 4 nitrogen and oxygen atoms in total. The Labute approximate surface area is 199 Å². The third kappa shape index (κ3) is 4.05. The zero-order chi connectivity index (χ0) is 22.9. The Kier molecular flexibility index (Phi) is 5.96. The van der Waals surface area contributed by atoms with Crippen molar-refractivity contribution in [1.29, 1.82) is 0 Å². The molecule has 0 aliphatic carbocycles. The largest absolute Gasteiger partial charge is 0.379 e. The lowest BCUT2D eigenvalue weighted by Gasteiger charge is -2.27. The standard InChI is InChI=1S/C28H27ClN2O2/c1-18(2)33-17-7-16-31-27(21-8-3-4-9-22(21)28(31)32)25-23-10-5-6-11-24(23)30-26(25)19-12-14-20(29)15-13-19/h3-6,8-15,18,27,30H,7,16-17H2,1-2H3/t27-/m1/s1. The van der Waals surface area contributed by atoms with Gasteiger partial charge in [0, 0.05) is 40.2 Å². The fourth-order valence-corrected chi connectivity index (χ4v) is 4.88. The molecule has 0 unspecified atom stereocenters. The van der Waals surface area contributed by atoms with Crippen molar-refractivity contribution < 1.29 is 9.53 Å². The third-order valence-electron chi connectivity index (χ3n) is 6.21. The van der Waals surface area contributed by atoms with E-state index in [1.54, 1.807) is 0 Å². The molecule has 1 aliphatic rings. The fourth-order valence-electron chi connectivity index (χ4n) is 4.76.